The first kappa shape index (κ1) is 17.7. The van der Waals surface area contributed by atoms with Crippen LogP contribution in [-0.4, -0.2) is 36.7 Å². The van der Waals surface area contributed by atoms with Gasteiger partial charge < -0.3 is 4.74 Å². The molecule has 1 aromatic heterocycles. The first-order chi connectivity index (χ1) is 13.0. The molecule has 3 aromatic rings. The predicted octanol–water partition coefficient (Wildman–Crippen LogP) is 3.70. The van der Waals surface area contributed by atoms with Gasteiger partial charge in [-0.2, -0.15) is 5.10 Å². The van der Waals surface area contributed by atoms with E-state index >= 15 is 0 Å². The van der Waals surface area contributed by atoms with E-state index in [1.807, 2.05) is 30.3 Å². The lowest BCUT2D eigenvalue weighted by Gasteiger charge is -2.12. The largest absolute Gasteiger partial charge is 0.493 e. The Labute approximate surface area is 157 Å². The molecule has 0 aliphatic carbocycles. The Morgan fingerprint density at radius 2 is 1.96 bits per heavy atom. The zero-order valence-corrected chi connectivity index (χ0v) is 15.4. The normalized spacial score (nSPS) is 18.5. The van der Waals surface area contributed by atoms with Crippen LogP contribution in [-0.2, 0) is 9.84 Å². The average Bonchev–Trinajstić information content (AvgIpc) is 3.29. The van der Waals surface area contributed by atoms with Crippen LogP contribution in [0.3, 0.4) is 0 Å². The number of aromatic nitrogens is 2. The Balaban J connectivity index is 1.55. The van der Waals surface area contributed by atoms with Crippen molar-refractivity contribution in [2.45, 2.75) is 6.42 Å². The summed E-state index contributed by atoms with van der Waals surface area (Å²) < 4.78 is 42.9. The molecule has 0 spiro atoms. The van der Waals surface area contributed by atoms with Gasteiger partial charge in [0.05, 0.1) is 23.8 Å². The van der Waals surface area contributed by atoms with Crippen molar-refractivity contribution in [3.8, 4) is 28.1 Å². The first-order valence-corrected chi connectivity index (χ1v) is 10.5. The number of hydrogen-bond acceptors (Lipinski definition) is 4. The molecule has 2 heterocycles. The van der Waals surface area contributed by atoms with Crippen LogP contribution in [0.1, 0.15) is 6.42 Å². The van der Waals surface area contributed by atoms with Crippen LogP contribution < -0.4 is 4.74 Å². The lowest BCUT2D eigenvalue weighted by molar-refractivity contribution is 0.262. The molecule has 1 atom stereocenters. The van der Waals surface area contributed by atoms with Gasteiger partial charge in [0.15, 0.2) is 9.84 Å². The summed E-state index contributed by atoms with van der Waals surface area (Å²) in [5.41, 5.74) is 3.39. The molecule has 1 N–H and O–H groups in total. The molecule has 1 fully saturated rings. The zero-order valence-electron chi connectivity index (χ0n) is 14.6. The fourth-order valence-corrected chi connectivity index (χ4v) is 5.15. The van der Waals surface area contributed by atoms with Crippen LogP contribution in [0.2, 0.25) is 0 Å². The number of rotatable bonds is 5. The molecule has 1 aliphatic heterocycles. The van der Waals surface area contributed by atoms with Crippen molar-refractivity contribution in [1.29, 1.82) is 0 Å². The van der Waals surface area contributed by atoms with Crippen LogP contribution in [0, 0.1) is 11.7 Å². The molecule has 2 aromatic carbocycles. The first-order valence-electron chi connectivity index (χ1n) is 8.72. The number of sulfone groups is 1. The van der Waals surface area contributed by atoms with Crippen molar-refractivity contribution in [1.82, 2.24) is 10.2 Å². The van der Waals surface area contributed by atoms with Gasteiger partial charge in [-0.25, -0.2) is 12.8 Å². The van der Waals surface area contributed by atoms with E-state index in [4.69, 9.17) is 4.74 Å². The van der Waals surface area contributed by atoms with Gasteiger partial charge in [-0.1, -0.05) is 18.2 Å². The highest BCUT2D eigenvalue weighted by molar-refractivity contribution is 7.91. The molecule has 5 nitrogen and oxygen atoms in total. The molecule has 0 amide bonds. The van der Waals surface area contributed by atoms with Crippen LogP contribution in [0.4, 0.5) is 4.39 Å². The number of nitrogens with zero attached hydrogens (tertiary/aromatic N) is 1. The molecule has 1 aliphatic rings. The highest BCUT2D eigenvalue weighted by atomic mass is 32.2. The van der Waals surface area contributed by atoms with Crippen molar-refractivity contribution in [3.05, 3.63) is 60.5 Å². The van der Waals surface area contributed by atoms with Crippen molar-refractivity contribution in [2.75, 3.05) is 18.1 Å². The zero-order chi connectivity index (χ0) is 18.9. The van der Waals surface area contributed by atoms with Crippen molar-refractivity contribution < 1.29 is 17.5 Å². The third kappa shape index (κ3) is 4.19. The van der Waals surface area contributed by atoms with Crippen LogP contribution in [0.15, 0.2) is 54.7 Å². The fourth-order valence-electron chi connectivity index (χ4n) is 3.31. The van der Waals surface area contributed by atoms with E-state index in [1.165, 1.54) is 12.1 Å². The summed E-state index contributed by atoms with van der Waals surface area (Å²) in [6.45, 7) is 0.274. The number of aromatic amines is 1. The number of benzene rings is 2. The summed E-state index contributed by atoms with van der Waals surface area (Å²) in [6.07, 6.45) is 2.27. The number of hydrogen-bond donors (Lipinski definition) is 1. The Hall–Kier alpha value is -2.67. The summed E-state index contributed by atoms with van der Waals surface area (Å²) in [5.74, 6) is 0.317. The molecule has 0 saturated carbocycles. The molecule has 0 radical (unpaired) electrons. The van der Waals surface area contributed by atoms with Crippen LogP contribution >= 0.6 is 0 Å². The van der Waals surface area contributed by atoms with E-state index in [-0.39, 0.29) is 24.0 Å². The Morgan fingerprint density at radius 3 is 2.70 bits per heavy atom. The van der Waals surface area contributed by atoms with E-state index in [0.29, 0.717) is 17.7 Å². The second-order valence-corrected chi connectivity index (χ2v) is 9.04. The van der Waals surface area contributed by atoms with Crippen LogP contribution in [0.5, 0.6) is 5.75 Å². The van der Waals surface area contributed by atoms with E-state index in [2.05, 4.69) is 10.2 Å². The van der Waals surface area contributed by atoms with Gasteiger partial charge in [0, 0.05) is 23.7 Å². The molecule has 27 heavy (non-hydrogen) atoms. The van der Waals surface area contributed by atoms with Gasteiger partial charge in [-0.05, 0) is 41.8 Å². The Morgan fingerprint density at radius 1 is 1.11 bits per heavy atom. The summed E-state index contributed by atoms with van der Waals surface area (Å²) >= 11 is 0. The van der Waals surface area contributed by atoms with Crippen molar-refractivity contribution in [3.63, 3.8) is 0 Å². The van der Waals surface area contributed by atoms with E-state index < -0.39 is 15.7 Å². The topological polar surface area (TPSA) is 72.1 Å². The predicted molar refractivity (Wildman–Crippen MR) is 102 cm³/mol. The second kappa shape index (κ2) is 7.15. The summed E-state index contributed by atoms with van der Waals surface area (Å²) in [6, 6.07) is 14.1. The third-order valence-electron chi connectivity index (χ3n) is 4.69. The second-order valence-electron chi connectivity index (χ2n) is 6.81. The highest BCUT2D eigenvalue weighted by Crippen LogP contribution is 2.29. The Kier molecular flexibility index (Phi) is 4.70. The minimum atomic E-state index is -2.95. The Bertz CT molecular complexity index is 1050. The number of halogens is 1. The summed E-state index contributed by atoms with van der Waals surface area (Å²) in [5, 5.41) is 6.87. The minimum Gasteiger partial charge on any atom is -0.493 e. The highest BCUT2D eigenvalue weighted by Gasteiger charge is 2.28. The number of ether oxygens (including phenoxy) is 1. The molecule has 140 valence electrons. The van der Waals surface area contributed by atoms with Gasteiger partial charge in [0.25, 0.3) is 0 Å². The molecule has 0 bridgehead atoms. The average molecular weight is 386 g/mol. The lowest BCUT2D eigenvalue weighted by Crippen LogP contribution is -2.13. The molecule has 7 heteroatoms. The summed E-state index contributed by atoms with van der Waals surface area (Å²) in [4.78, 5) is 0. The maximum atomic E-state index is 14.1. The van der Waals surface area contributed by atoms with Gasteiger partial charge in [0.2, 0.25) is 0 Å². The molecule has 1 unspecified atom stereocenters. The monoisotopic (exact) mass is 386 g/mol. The van der Waals surface area contributed by atoms with E-state index in [0.717, 1.165) is 16.8 Å². The van der Waals surface area contributed by atoms with Gasteiger partial charge in [0.1, 0.15) is 11.6 Å². The summed E-state index contributed by atoms with van der Waals surface area (Å²) in [7, 11) is -2.95. The van der Waals surface area contributed by atoms with Crippen LogP contribution in [0.25, 0.3) is 22.4 Å². The van der Waals surface area contributed by atoms with Gasteiger partial charge in [-0.15, -0.1) is 0 Å². The van der Waals surface area contributed by atoms with E-state index in [9.17, 15) is 12.8 Å². The van der Waals surface area contributed by atoms with Gasteiger partial charge >= 0.3 is 0 Å². The fraction of sp³-hybridized carbons (Fsp3) is 0.250. The number of nitrogens with one attached hydrogen (secondary N) is 1. The molecular formula is C20H19FN2O3S. The standard InChI is InChI=1S/C20H19FN2O3S/c21-18-9-17(15-2-1-3-16(8-15)20-4-6-22-23-20)10-19(11-18)26-12-14-5-7-27(24,25)13-14/h1-4,6,8-11,14H,5,7,12-13H2,(H,22,23). The maximum Gasteiger partial charge on any atom is 0.150 e. The smallest absolute Gasteiger partial charge is 0.150 e. The molecule has 4 rings (SSSR count). The van der Waals surface area contributed by atoms with Crippen molar-refractivity contribution >= 4 is 9.84 Å². The third-order valence-corrected chi connectivity index (χ3v) is 6.53. The van der Waals surface area contributed by atoms with Gasteiger partial charge in [-0.3, -0.25) is 5.10 Å². The minimum absolute atomic E-state index is 0.0366. The quantitative estimate of drug-likeness (QED) is 0.726. The molecule has 1 saturated heterocycles. The number of H-pyrrole nitrogens is 1. The molecular weight excluding hydrogens is 367 g/mol. The SMILES string of the molecule is O=S1(=O)CCC(COc2cc(F)cc(-c3cccc(-c4ccn[nH]4)c3)c2)C1. The maximum absolute atomic E-state index is 14.1. The van der Waals surface area contributed by atoms with E-state index in [1.54, 1.807) is 12.3 Å². The van der Waals surface area contributed by atoms with Crippen molar-refractivity contribution in [2.24, 2.45) is 5.92 Å². The lowest BCUT2D eigenvalue weighted by atomic mass is 10.0.